The molecule has 1 fully saturated rings. The monoisotopic (exact) mass is 357 g/mol. The highest BCUT2D eigenvalue weighted by atomic mass is 16.6. The third-order valence-electron chi connectivity index (χ3n) is 4.32. The van der Waals surface area contributed by atoms with Crippen LogP contribution in [0.4, 0.5) is 5.69 Å². The molecule has 0 aromatic heterocycles. The van der Waals surface area contributed by atoms with Crippen LogP contribution in [0.1, 0.15) is 22.3 Å². The van der Waals surface area contributed by atoms with Gasteiger partial charge < -0.3 is 14.9 Å². The van der Waals surface area contributed by atoms with Gasteiger partial charge in [0.25, 0.3) is 5.69 Å². The number of para-hydroxylation sites is 1. The second kappa shape index (κ2) is 6.83. The first-order valence-electron chi connectivity index (χ1n) is 7.85. The number of ketones is 1. The second-order valence-corrected chi connectivity index (χ2v) is 6.01. The number of ether oxygens (including phenoxy) is 1. The molecule has 0 unspecified atom stereocenters. The molecular formula is C18H15NO7. The van der Waals surface area contributed by atoms with Crippen LogP contribution in [0.3, 0.4) is 0 Å². The van der Waals surface area contributed by atoms with Crippen molar-refractivity contribution in [2.75, 3.05) is 0 Å². The quantitative estimate of drug-likeness (QED) is 0.267. The van der Waals surface area contributed by atoms with Gasteiger partial charge in [-0.3, -0.25) is 19.7 Å². The Morgan fingerprint density at radius 1 is 1.15 bits per heavy atom. The zero-order chi connectivity index (χ0) is 18.8. The van der Waals surface area contributed by atoms with E-state index < -0.39 is 40.2 Å². The van der Waals surface area contributed by atoms with Crippen LogP contribution < -0.4 is 0 Å². The average Bonchev–Trinajstić information content (AvgIpc) is 2.62. The average molecular weight is 357 g/mol. The molecule has 1 saturated heterocycles. The molecule has 2 atom stereocenters. The van der Waals surface area contributed by atoms with Crippen LogP contribution >= 0.6 is 0 Å². The number of nitrogens with zero attached hydrogens (tertiary/aromatic N) is 1. The molecule has 1 aliphatic rings. The van der Waals surface area contributed by atoms with Gasteiger partial charge in [-0.05, 0) is 17.7 Å². The predicted molar refractivity (Wildman–Crippen MR) is 88.9 cm³/mol. The van der Waals surface area contributed by atoms with Crippen LogP contribution in [-0.2, 0) is 16.0 Å². The summed E-state index contributed by atoms with van der Waals surface area (Å²) in [5.41, 5.74) is 0.648. The molecule has 2 N–H and O–H groups in total. The first-order chi connectivity index (χ1) is 12.4. The SMILES string of the molecule is O=C(C[C@@H]1C(=O)O[C@@H]1Cc1ccc([N+](=O)[O-])cc1)c1cccc(O)c1O. The summed E-state index contributed by atoms with van der Waals surface area (Å²) >= 11 is 0. The summed E-state index contributed by atoms with van der Waals surface area (Å²) in [5, 5.41) is 29.9. The molecule has 8 nitrogen and oxygen atoms in total. The molecule has 0 bridgehead atoms. The summed E-state index contributed by atoms with van der Waals surface area (Å²) in [5.74, 6) is -2.58. The minimum atomic E-state index is -0.667. The molecule has 2 aromatic rings. The van der Waals surface area contributed by atoms with Gasteiger partial charge >= 0.3 is 5.97 Å². The molecule has 0 spiro atoms. The summed E-state index contributed by atoms with van der Waals surface area (Å²) in [4.78, 5) is 34.2. The first kappa shape index (κ1) is 17.4. The van der Waals surface area contributed by atoms with Gasteiger partial charge in [0.05, 0.1) is 10.5 Å². The number of benzene rings is 2. The number of hydrogen-bond acceptors (Lipinski definition) is 7. The molecule has 2 aromatic carbocycles. The van der Waals surface area contributed by atoms with Gasteiger partial charge in [0.15, 0.2) is 17.3 Å². The van der Waals surface area contributed by atoms with Gasteiger partial charge in [0, 0.05) is 25.0 Å². The third-order valence-corrected chi connectivity index (χ3v) is 4.32. The van der Waals surface area contributed by atoms with Crippen LogP contribution in [0.2, 0.25) is 0 Å². The topological polar surface area (TPSA) is 127 Å². The predicted octanol–water partition coefficient (Wildman–Crippen LogP) is 2.36. The number of nitro groups is 1. The van der Waals surface area contributed by atoms with E-state index in [-0.39, 0.29) is 17.7 Å². The standard InChI is InChI=1S/C18H15NO7/c20-14-3-1-2-12(17(14)22)15(21)9-13-16(26-18(13)23)8-10-4-6-11(7-5-10)19(24)25/h1-7,13,16,20,22H,8-9H2/t13-,16+/m0/s1. The Kier molecular flexibility index (Phi) is 4.57. The number of rotatable bonds is 6. The van der Waals surface area contributed by atoms with Gasteiger partial charge in [0.1, 0.15) is 12.0 Å². The lowest BCUT2D eigenvalue weighted by atomic mass is 9.86. The minimum absolute atomic E-state index is 0.0366. The summed E-state index contributed by atoms with van der Waals surface area (Å²) in [6.45, 7) is 0. The molecule has 0 aliphatic carbocycles. The Morgan fingerprint density at radius 3 is 2.46 bits per heavy atom. The lowest BCUT2D eigenvalue weighted by Crippen LogP contribution is -2.47. The van der Waals surface area contributed by atoms with Crippen LogP contribution in [0.15, 0.2) is 42.5 Å². The van der Waals surface area contributed by atoms with Crippen LogP contribution in [0.25, 0.3) is 0 Å². The zero-order valence-corrected chi connectivity index (χ0v) is 13.5. The molecule has 1 aliphatic heterocycles. The van der Waals surface area contributed by atoms with Crippen molar-refractivity contribution in [2.24, 2.45) is 5.92 Å². The van der Waals surface area contributed by atoms with Gasteiger partial charge in [0.2, 0.25) is 0 Å². The molecule has 3 rings (SSSR count). The van der Waals surface area contributed by atoms with Gasteiger partial charge in [-0.1, -0.05) is 18.2 Å². The lowest BCUT2D eigenvalue weighted by Gasteiger charge is -2.35. The number of esters is 1. The molecule has 0 amide bonds. The molecule has 26 heavy (non-hydrogen) atoms. The number of phenolic OH excluding ortho intramolecular Hbond substituents is 2. The van der Waals surface area contributed by atoms with Crippen molar-refractivity contribution in [1.29, 1.82) is 0 Å². The number of Topliss-reactive ketones (excluding diaryl/α,β-unsaturated/α-hetero) is 1. The van der Waals surface area contributed by atoms with E-state index in [2.05, 4.69) is 0 Å². The highest BCUT2D eigenvalue weighted by Gasteiger charge is 2.43. The van der Waals surface area contributed by atoms with E-state index in [1.165, 1.54) is 30.3 Å². The Hall–Kier alpha value is -3.42. The number of aromatic hydroxyl groups is 2. The van der Waals surface area contributed by atoms with Gasteiger partial charge in [-0.25, -0.2) is 0 Å². The molecule has 1 heterocycles. The van der Waals surface area contributed by atoms with E-state index in [0.29, 0.717) is 6.42 Å². The fourth-order valence-corrected chi connectivity index (χ4v) is 2.85. The minimum Gasteiger partial charge on any atom is -0.504 e. The lowest BCUT2D eigenvalue weighted by molar-refractivity contribution is -0.384. The molecule has 8 heteroatoms. The maximum absolute atomic E-state index is 12.3. The second-order valence-electron chi connectivity index (χ2n) is 6.01. The molecule has 0 saturated carbocycles. The van der Waals surface area contributed by atoms with Crippen molar-refractivity contribution in [3.63, 3.8) is 0 Å². The number of non-ortho nitro benzene ring substituents is 1. The maximum Gasteiger partial charge on any atom is 0.313 e. The van der Waals surface area contributed by atoms with Crippen LogP contribution in [-0.4, -0.2) is 33.0 Å². The van der Waals surface area contributed by atoms with E-state index >= 15 is 0 Å². The van der Waals surface area contributed by atoms with Crippen molar-refractivity contribution in [3.05, 3.63) is 63.7 Å². The Bertz CT molecular complexity index is 876. The maximum atomic E-state index is 12.3. The number of cyclic esters (lactones) is 1. The van der Waals surface area contributed by atoms with E-state index in [1.54, 1.807) is 12.1 Å². The van der Waals surface area contributed by atoms with Crippen molar-refractivity contribution in [1.82, 2.24) is 0 Å². The molecular weight excluding hydrogens is 342 g/mol. The zero-order valence-electron chi connectivity index (χ0n) is 13.5. The van der Waals surface area contributed by atoms with Crippen molar-refractivity contribution in [3.8, 4) is 11.5 Å². The van der Waals surface area contributed by atoms with Crippen molar-refractivity contribution in [2.45, 2.75) is 18.9 Å². The van der Waals surface area contributed by atoms with Crippen LogP contribution in [0, 0.1) is 16.0 Å². The third kappa shape index (κ3) is 3.34. The fourth-order valence-electron chi connectivity index (χ4n) is 2.85. The summed E-state index contributed by atoms with van der Waals surface area (Å²) in [6.07, 6.45) is -0.353. The molecule has 134 valence electrons. The number of hydrogen-bond donors (Lipinski definition) is 2. The summed E-state index contributed by atoms with van der Waals surface area (Å²) in [6, 6.07) is 9.92. The Morgan fingerprint density at radius 2 is 1.85 bits per heavy atom. The van der Waals surface area contributed by atoms with Gasteiger partial charge in [-0.15, -0.1) is 0 Å². The highest BCUT2D eigenvalue weighted by molar-refractivity contribution is 6.01. The normalized spacial score (nSPS) is 18.7. The smallest absolute Gasteiger partial charge is 0.313 e. The summed E-state index contributed by atoms with van der Waals surface area (Å²) < 4.78 is 5.09. The number of nitro benzene ring substituents is 1. The number of carbonyl (C=O) groups excluding carboxylic acids is 2. The number of carbonyl (C=O) groups is 2. The number of phenols is 2. The summed E-state index contributed by atoms with van der Waals surface area (Å²) in [7, 11) is 0. The van der Waals surface area contributed by atoms with Crippen molar-refractivity contribution >= 4 is 17.4 Å². The molecule has 0 radical (unpaired) electrons. The Balaban J connectivity index is 1.67. The highest BCUT2D eigenvalue weighted by Crippen LogP contribution is 2.34. The van der Waals surface area contributed by atoms with Gasteiger partial charge in [-0.2, -0.15) is 0 Å². The van der Waals surface area contributed by atoms with E-state index in [9.17, 15) is 29.9 Å². The Labute approximate surface area is 147 Å². The van der Waals surface area contributed by atoms with E-state index in [4.69, 9.17) is 4.74 Å². The van der Waals surface area contributed by atoms with Crippen molar-refractivity contribution < 1.29 is 29.5 Å². The van der Waals surface area contributed by atoms with Crippen LogP contribution in [0.5, 0.6) is 11.5 Å². The van der Waals surface area contributed by atoms with E-state index in [1.807, 2.05) is 0 Å². The fraction of sp³-hybridized carbons (Fsp3) is 0.222. The van der Waals surface area contributed by atoms with E-state index in [0.717, 1.165) is 5.56 Å². The first-order valence-corrected chi connectivity index (χ1v) is 7.85. The largest absolute Gasteiger partial charge is 0.504 e.